The molecule has 2 N–H and O–H groups in total. The van der Waals surface area contributed by atoms with Crippen LogP contribution in [0.3, 0.4) is 0 Å². The highest BCUT2D eigenvalue weighted by Crippen LogP contribution is 2.33. The molecule has 1 atom stereocenters. The van der Waals surface area contributed by atoms with Crippen molar-refractivity contribution in [1.82, 2.24) is 30.2 Å². The molecule has 0 aliphatic carbocycles. The molecule has 34 heavy (non-hydrogen) atoms. The molecule has 1 aromatic carbocycles. The number of amides is 2. The molecule has 0 spiro atoms. The van der Waals surface area contributed by atoms with Gasteiger partial charge >= 0.3 is 6.18 Å². The Bertz CT molecular complexity index is 1390. The molecule has 0 aliphatic heterocycles. The minimum Gasteiger partial charge on any atom is -0.351 e. The molecule has 10 nitrogen and oxygen atoms in total. The number of rotatable bonds is 5. The van der Waals surface area contributed by atoms with Gasteiger partial charge in [0.15, 0.2) is 5.65 Å². The van der Waals surface area contributed by atoms with Crippen LogP contribution in [0.1, 0.15) is 50.8 Å². The lowest BCUT2D eigenvalue weighted by atomic mass is 10.1. The maximum Gasteiger partial charge on any atom is 0.416 e. The first-order valence-electron chi connectivity index (χ1n) is 9.94. The van der Waals surface area contributed by atoms with Crippen molar-refractivity contribution in [1.29, 1.82) is 0 Å². The van der Waals surface area contributed by atoms with Crippen LogP contribution in [0, 0.1) is 6.92 Å². The lowest BCUT2D eigenvalue weighted by molar-refractivity contribution is -0.138. The van der Waals surface area contributed by atoms with Gasteiger partial charge in [-0.25, -0.2) is 9.97 Å². The Morgan fingerprint density at radius 2 is 1.91 bits per heavy atom. The smallest absolute Gasteiger partial charge is 0.351 e. The van der Waals surface area contributed by atoms with Crippen molar-refractivity contribution in [2.24, 2.45) is 7.05 Å². The molecule has 0 aliphatic rings. The van der Waals surface area contributed by atoms with E-state index in [9.17, 15) is 22.8 Å². The van der Waals surface area contributed by atoms with Gasteiger partial charge in [0.25, 0.3) is 11.8 Å². The van der Waals surface area contributed by atoms with E-state index in [2.05, 4.69) is 30.9 Å². The molecule has 176 valence electrons. The summed E-state index contributed by atoms with van der Waals surface area (Å²) in [5.41, 5.74) is -0.0396. The number of carbonyl (C=O) groups is 2. The zero-order valence-corrected chi connectivity index (χ0v) is 18.1. The molecule has 4 aromatic rings. The van der Waals surface area contributed by atoms with Crippen LogP contribution in [-0.4, -0.2) is 36.7 Å². The van der Waals surface area contributed by atoms with Crippen molar-refractivity contribution >= 4 is 28.5 Å². The summed E-state index contributed by atoms with van der Waals surface area (Å²) in [6.45, 7) is 2.95. The second-order valence-electron chi connectivity index (χ2n) is 7.52. The number of hydrogen-bond donors (Lipinski definition) is 2. The second kappa shape index (κ2) is 8.57. The Labute approximate surface area is 190 Å². The van der Waals surface area contributed by atoms with E-state index >= 15 is 0 Å². The number of nitrogens with zero attached hydrogens (tertiary/aromatic N) is 5. The third kappa shape index (κ3) is 4.44. The Hall–Kier alpha value is -4.29. The lowest BCUT2D eigenvalue weighted by Crippen LogP contribution is -2.28. The number of benzene rings is 1. The van der Waals surface area contributed by atoms with Crippen LogP contribution in [0.25, 0.3) is 11.0 Å². The summed E-state index contributed by atoms with van der Waals surface area (Å²) in [5, 5.41) is 13.4. The number of fused-ring (bicyclic) bond motifs is 1. The van der Waals surface area contributed by atoms with Gasteiger partial charge in [0.1, 0.15) is 17.7 Å². The van der Waals surface area contributed by atoms with E-state index in [-0.39, 0.29) is 28.4 Å². The SMILES string of the molecule is Cc1ccc(NC(=O)c2cc([C@@H](C)NC(=O)c3ncnc4c3cnn4C)no2)cc1C(F)(F)F. The summed E-state index contributed by atoms with van der Waals surface area (Å²) in [4.78, 5) is 33.2. The average Bonchev–Trinajstić information content (AvgIpc) is 3.42. The van der Waals surface area contributed by atoms with Gasteiger partial charge in [-0.1, -0.05) is 11.2 Å². The van der Waals surface area contributed by atoms with E-state index in [4.69, 9.17) is 4.52 Å². The van der Waals surface area contributed by atoms with Crippen LogP contribution in [-0.2, 0) is 13.2 Å². The molecular formula is C21H18F3N7O3. The normalized spacial score (nSPS) is 12.5. The molecule has 4 rings (SSSR count). The van der Waals surface area contributed by atoms with E-state index in [1.54, 1.807) is 14.0 Å². The van der Waals surface area contributed by atoms with Crippen LogP contribution in [0.4, 0.5) is 18.9 Å². The Kier molecular flexibility index (Phi) is 5.77. The standard InChI is InChI=1S/C21H18F3N7O3/c1-10-4-5-12(6-14(10)21(22,23)24)29-19(32)16-7-15(30-34-16)11(2)28-20(33)17-13-8-27-31(3)18(13)26-9-25-17/h4-9,11H,1-3H3,(H,28,33)(H,29,32)/t11-/m1/s1. The molecule has 13 heteroatoms. The molecule has 3 heterocycles. The average molecular weight is 473 g/mol. The molecule has 0 saturated heterocycles. The van der Waals surface area contributed by atoms with Crippen molar-refractivity contribution in [2.75, 3.05) is 5.32 Å². The summed E-state index contributed by atoms with van der Waals surface area (Å²) in [6, 6.07) is 4.07. The van der Waals surface area contributed by atoms with Crippen LogP contribution in [0.15, 0.2) is 41.3 Å². The zero-order chi connectivity index (χ0) is 24.6. The number of halogens is 3. The van der Waals surface area contributed by atoms with E-state index in [1.807, 2.05) is 0 Å². The number of aryl methyl sites for hydroxylation is 2. The first-order chi connectivity index (χ1) is 16.0. The van der Waals surface area contributed by atoms with E-state index in [0.717, 1.165) is 6.07 Å². The van der Waals surface area contributed by atoms with Gasteiger partial charge in [-0.15, -0.1) is 0 Å². The fraction of sp³-hybridized carbons (Fsp3) is 0.238. The van der Waals surface area contributed by atoms with Crippen LogP contribution in [0.5, 0.6) is 0 Å². The molecule has 3 aromatic heterocycles. The molecule has 0 saturated carbocycles. The van der Waals surface area contributed by atoms with Crippen molar-refractivity contribution < 1.29 is 27.3 Å². The van der Waals surface area contributed by atoms with Gasteiger partial charge in [0.05, 0.1) is 23.2 Å². The molecule has 0 bridgehead atoms. The lowest BCUT2D eigenvalue weighted by Gasteiger charge is -2.12. The maximum atomic E-state index is 13.1. The third-order valence-corrected chi connectivity index (χ3v) is 5.09. The highest BCUT2D eigenvalue weighted by Gasteiger charge is 2.32. The van der Waals surface area contributed by atoms with Gasteiger partial charge in [-0.3, -0.25) is 14.3 Å². The first kappa shape index (κ1) is 22.9. The number of nitrogens with one attached hydrogen (secondary N) is 2. The summed E-state index contributed by atoms with van der Waals surface area (Å²) in [5.74, 6) is -1.54. The van der Waals surface area contributed by atoms with Gasteiger partial charge in [-0.05, 0) is 31.5 Å². The number of aromatic nitrogens is 5. The number of anilines is 1. The topological polar surface area (TPSA) is 128 Å². The Morgan fingerprint density at radius 3 is 2.65 bits per heavy atom. The second-order valence-corrected chi connectivity index (χ2v) is 7.52. The summed E-state index contributed by atoms with van der Waals surface area (Å²) < 4.78 is 45.9. The van der Waals surface area contributed by atoms with E-state index in [1.165, 1.54) is 42.3 Å². The van der Waals surface area contributed by atoms with Gasteiger partial charge in [-0.2, -0.15) is 18.3 Å². The van der Waals surface area contributed by atoms with Gasteiger partial charge in [0, 0.05) is 18.8 Å². The van der Waals surface area contributed by atoms with Crippen molar-refractivity contribution in [2.45, 2.75) is 26.1 Å². The fourth-order valence-corrected chi connectivity index (χ4v) is 3.28. The summed E-state index contributed by atoms with van der Waals surface area (Å²) in [7, 11) is 1.68. The number of carbonyl (C=O) groups excluding carboxylic acids is 2. The predicted molar refractivity (Wildman–Crippen MR) is 113 cm³/mol. The highest BCUT2D eigenvalue weighted by atomic mass is 19.4. The van der Waals surface area contributed by atoms with Crippen LogP contribution in [0.2, 0.25) is 0 Å². The van der Waals surface area contributed by atoms with Gasteiger partial charge in [0.2, 0.25) is 5.76 Å². The zero-order valence-electron chi connectivity index (χ0n) is 18.1. The quantitative estimate of drug-likeness (QED) is 0.455. The largest absolute Gasteiger partial charge is 0.416 e. The van der Waals surface area contributed by atoms with Crippen molar-refractivity contribution in [3.8, 4) is 0 Å². The summed E-state index contributed by atoms with van der Waals surface area (Å²) >= 11 is 0. The number of alkyl halides is 3. The molecule has 0 unspecified atom stereocenters. The number of hydrogen-bond acceptors (Lipinski definition) is 7. The minimum absolute atomic E-state index is 0.0317. The van der Waals surface area contributed by atoms with E-state index in [0.29, 0.717) is 11.0 Å². The fourth-order valence-electron chi connectivity index (χ4n) is 3.28. The predicted octanol–water partition coefficient (Wildman–Crippen LogP) is 3.42. The van der Waals surface area contributed by atoms with Crippen LogP contribution < -0.4 is 10.6 Å². The Morgan fingerprint density at radius 1 is 1.15 bits per heavy atom. The third-order valence-electron chi connectivity index (χ3n) is 5.09. The minimum atomic E-state index is -4.55. The monoisotopic (exact) mass is 473 g/mol. The van der Waals surface area contributed by atoms with Crippen molar-refractivity contribution in [3.63, 3.8) is 0 Å². The van der Waals surface area contributed by atoms with Gasteiger partial charge < -0.3 is 15.2 Å². The molecule has 0 fully saturated rings. The molecular weight excluding hydrogens is 455 g/mol. The summed E-state index contributed by atoms with van der Waals surface area (Å²) in [6.07, 6.45) is -1.83. The Balaban J connectivity index is 1.46. The highest BCUT2D eigenvalue weighted by molar-refractivity contribution is 6.04. The first-order valence-corrected chi connectivity index (χ1v) is 9.94. The molecule has 0 radical (unpaired) electrons. The van der Waals surface area contributed by atoms with Crippen LogP contribution >= 0.6 is 0 Å². The van der Waals surface area contributed by atoms with Crippen molar-refractivity contribution in [3.05, 3.63) is 65.1 Å². The van der Waals surface area contributed by atoms with E-state index < -0.39 is 29.6 Å². The maximum absolute atomic E-state index is 13.1. The molecule has 2 amide bonds.